The molecule has 0 N–H and O–H groups in total. The van der Waals surface area contributed by atoms with E-state index in [4.69, 9.17) is 14.4 Å². The summed E-state index contributed by atoms with van der Waals surface area (Å²) in [6.45, 7) is 0. The summed E-state index contributed by atoms with van der Waals surface area (Å²) in [5.74, 6) is 0. The predicted octanol–water partition coefficient (Wildman–Crippen LogP) is 11.1. The summed E-state index contributed by atoms with van der Waals surface area (Å²) in [6.07, 6.45) is 3.90. The van der Waals surface area contributed by atoms with Crippen molar-refractivity contribution < 1.29 is 4.42 Å². The Labute approximate surface area is 263 Å². The zero-order valence-electron chi connectivity index (χ0n) is 24.7. The Hall–Kier alpha value is -6.26. The number of nitrogens with zero attached hydrogens (tertiary/aromatic N) is 3. The maximum atomic E-state index is 6.65. The lowest BCUT2D eigenvalue weighted by Crippen LogP contribution is -1.92. The minimum Gasteiger partial charge on any atom is -0.455 e. The van der Waals surface area contributed by atoms with Crippen molar-refractivity contribution in [2.45, 2.75) is 0 Å². The minimum atomic E-state index is 0.837. The molecule has 46 heavy (non-hydrogen) atoms. The summed E-state index contributed by atoms with van der Waals surface area (Å²) in [6, 6.07) is 49.2. The van der Waals surface area contributed by atoms with Gasteiger partial charge in [0.2, 0.25) is 0 Å². The Morgan fingerprint density at radius 3 is 1.91 bits per heavy atom. The average Bonchev–Trinajstić information content (AvgIpc) is 3.70. The van der Waals surface area contributed by atoms with Gasteiger partial charge < -0.3 is 4.42 Å². The Balaban J connectivity index is 1.32. The zero-order valence-corrected chi connectivity index (χ0v) is 24.7. The molecule has 4 heteroatoms. The molecule has 4 aromatic heterocycles. The summed E-state index contributed by atoms with van der Waals surface area (Å²) >= 11 is 0. The van der Waals surface area contributed by atoms with E-state index < -0.39 is 0 Å². The first-order valence-corrected chi connectivity index (χ1v) is 15.5. The van der Waals surface area contributed by atoms with Crippen LogP contribution in [0.15, 0.2) is 156 Å². The summed E-state index contributed by atoms with van der Waals surface area (Å²) in [7, 11) is 0. The highest BCUT2D eigenvalue weighted by Gasteiger charge is 2.21. The van der Waals surface area contributed by atoms with E-state index in [2.05, 4.69) is 102 Å². The van der Waals surface area contributed by atoms with Crippen LogP contribution in [-0.2, 0) is 0 Å². The lowest BCUT2D eigenvalue weighted by Gasteiger charge is -2.13. The third-order valence-electron chi connectivity index (χ3n) is 9.24. The fourth-order valence-electron chi connectivity index (χ4n) is 7.21. The highest BCUT2D eigenvalue weighted by Crippen LogP contribution is 2.43. The Morgan fingerprint density at radius 2 is 1.15 bits per heavy atom. The first kappa shape index (κ1) is 25.1. The van der Waals surface area contributed by atoms with Gasteiger partial charge in [-0.15, -0.1) is 0 Å². The highest BCUT2D eigenvalue weighted by atomic mass is 16.3. The molecule has 0 saturated heterocycles. The Morgan fingerprint density at radius 1 is 0.500 bits per heavy atom. The number of furan rings is 1. The van der Waals surface area contributed by atoms with Crippen molar-refractivity contribution in [2.75, 3.05) is 0 Å². The van der Waals surface area contributed by atoms with Crippen molar-refractivity contribution >= 4 is 59.9 Å². The number of rotatable bonds is 3. The molecule has 0 fully saturated rings. The van der Waals surface area contributed by atoms with Gasteiger partial charge in [-0.3, -0.25) is 9.38 Å². The van der Waals surface area contributed by atoms with Crippen LogP contribution < -0.4 is 0 Å². The molecule has 0 saturated carbocycles. The second kappa shape index (κ2) is 9.62. The molecule has 0 aliphatic rings. The summed E-state index contributed by atoms with van der Waals surface area (Å²) < 4.78 is 8.81. The molecule has 0 aliphatic carbocycles. The summed E-state index contributed by atoms with van der Waals surface area (Å²) in [5, 5.41) is 9.67. The molecule has 0 bridgehead atoms. The van der Waals surface area contributed by atoms with E-state index in [9.17, 15) is 0 Å². The van der Waals surface area contributed by atoms with Gasteiger partial charge in [-0.25, -0.2) is 4.98 Å². The second-order valence-corrected chi connectivity index (χ2v) is 11.8. The van der Waals surface area contributed by atoms with Crippen molar-refractivity contribution in [3.05, 3.63) is 152 Å². The van der Waals surface area contributed by atoms with Gasteiger partial charge in [-0.2, -0.15) is 0 Å². The summed E-state index contributed by atoms with van der Waals surface area (Å²) in [5.41, 5.74) is 8.51. The van der Waals surface area contributed by atoms with E-state index in [0.717, 1.165) is 61.4 Å². The molecule has 6 aromatic carbocycles. The third-order valence-corrected chi connectivity index (χ3v) is 9.24. The van der Waals surface area contributed by atoms with Gasteiger partial charge in [0.15, 0.2) is 0 Å². The third kappa shape index (κ3) is 3.61. The lowest BCUT2D eigenvalue weighted by molar-refractivity contribution is 0.670. The number of fused-ring (bicyclic) bond motifs is 10. The molecule has 10 aromatic rings. The van der Waals surface area contributed by atoms with Crippen LogP contribution in [0.5, 0.6) is 0 Å². The summed E-state index contributed by atoms with van der Waals surface area (Å²) in [4.78, 5) is 9.78. The fraction of sp³-hybridized carbons (Fsp3) is 0. The molecule has 4 nitrogen and oxygen atoms in total. The predicted molar refractivity (Wildman–Crippen MR) is 189 cm³/mol. The smallest absolute Gasteiger partial charge is 0.143 e. The van der Waals surface area contributed by atoms with Crippen molar-refractivity contribution in [2.24, 2.45) is 0 Å². The minimum absolute atomic E-state index is 0.837. The maximum Gasteiger partial charge on any atom is 0.143 e. The Bertz CT molecular complexity index is 2770. The van der Waals surface area contributed by atoms with Crippen LogP contribution in [0.25, 0.3) is 93.7 Å². The van der Waals surface area contributed by atoms with E-state index in [0.29, 0.717) is 0 Å². The number of pyridine rings is 2. The van der Waals surface area contributed by atoms with E-state index in [1.54, 1.807) is 0 Å². The number of para-hydroxylation sites is 1. The average molecular weight is 588 g/mol. The van der Waals surface area contributed by atoms with Crippen LogP contribution in [0.1, 0.15) is 0 Å². The molecule has 0 amide bonds. The SMILES string of the molecule is c1ccc(-c2nc3ccccn3c2-c2cc(-c3ccc4c5ccccc5c5ccccc5c4c3)c3oc4ccccc4c3c2)nc1. The molecule has 0 spiro atoms. The number of benzene rings is 6. The number of aromatic nitrogens is 3. The van der Waals surface area contributed by atoms with Gasteiger partial charge in [0.25, 0.3) is 0 Å². The van der Waals surface area contributed by atoms with Crippen molar-refractivity contribution in [1.82, 2.24) is 14.4 Å². The largest absolute Gasteiger partial charge is 0.455 e. The molecular formula is C42H25N3O. The van der Waals surface area contributed by atoms with Gasteiger partial charge >= 0.3 is 0 Å². The molecule has 10 rings (SSSR count). The molecule has 0 unspecified atom stereocenters. The van der Waals surface area contributed by atoms with Gasteiger partial charge in [0.1, 0.15) is 22.5 Å². The van der Waals surface area contributed by atoms with Gasteiger partial charge in [0.05, 0.1) is 11.4 Å². The molecule has 214 valence electrons. The van der Waals surface area contributed by atoms with E-state index in [1.165, 1.54) is 32.3 Å². The van der Waals surface area contributed by atoms with E-state index >= 15 is 0 Å². The van der Waals surface area contributed by atoms with Crippen LogP contribution in [-0.4, -0.2) is 14.4 Å². The van der Waals surface area contributed by atoms with Crippen molar-refractivity contribution in [1.29, 1.82) is 0 Å². The number of hydrogen-bond acceptors (Lipinski definition) is 3. The standard InChI is InChI=1S/C42H25N3O/c1-2-13-30-28(11-1)29-12-3-4-14-31(29)35-23-26(19-20-32(30)35)34-24-27(25-36-33-15-5-6-17-38(33)46-42(34)36)41-40(37-16-7-9-21-43-37)44-39-18-8-10-22-45(39)41/h1-25H. The van der Waals surface area contributed by atoms with E-state index in [1.807, 2.05) is 54.7 Å². The quantitative estimate of drug-likeness (QED) is 0.193. The first-order chi connectivity index (χ1) is 22.8. The van der Waals surface area contributed by atoms with Crippen LogP contribution in [0.2, 0.25) is 0 Å². The first-order valence-electron chi connectivity index (χ1n) is 15.5. The molecule has 0 radical (unpaired) electrons. The second-order valence-electron chi connectivity index (χ2n) is 11.8. The Kier molecular flexibility index (Phi) is 5.25. The van der Waals surface area contributed by atoms with Gasteiger partial charge in [0, 0.05) is 34.3 Å². The van der Waals surface area contributed by atoms with Gasteiger partial charge in [-0.1, -0.05) is 91.0 Å². The molecular weight excluding hydrogens is 562 g/mol. The normalized spacial score (nSPS) is 11.9. The van der Waals surface area contributed by atoms with Gasteiger partial charge in [-0.05, 0) is 86.4 Å². The molecule has 4 heterocycles. The topological polar surface area (TPSA) is 43.3 Å². The number of hydrogen-bond donors (Lipinski definition) is 0. The molecule has 0 aliphatic heterocycles. The zero-order chi connectivity index (χ0) is 30.2. The van der Waals surface area contributed by atoms with Crippen LogP contribution in [0.3, 0.4) is 0 Å². The van der Waals surface area contributed by atoms with E-state index in [-0.39, 0.29) is 0 Å². The van der Waals surface area contributed by atoms with Crippen LogP contribution in [0.4, 0.5) is 0 Å². The monoisotopic (exact) mass is 587 g/mol. The number of imidazole rings is 1. The fourth-order valence-corrected chi connectivity index (χ4v) is 7.21. The van der Waals surface area contributed by atoms with Crippen LogP contribution >= 0.6 is 0 Å². The lowest BCUT2D eigenvalue weighted by atomic mass is 9.91. The van der Waals surface area contributed by atoms with Crippen molar-refractivity contribution in [3.8, 4) is 33.8 Å². The maximum absolute atomic E-state index is 6.65. The highest BCUT2D eigenvalue weighted by molar-refractivity contribution is 6.26. The molecule has 0 atom stereocenters. The van der Waals surface area contributed by atoms with Crippen molar-refractivity contribution in [3.63, 3.8) is 0 Å². The van der Waals surface area contributed by atoms with Crippen LogP contribution in [0, 0.1) is 0 Å².